The summed E-state index contributed by atoms with van der Waals surface area (Å²) < 4.78 is 0. The molecule has 1 heterocycles. The Balaban J connectivity index is 2.81. The normalized spacial score (nSPS) is 10.1. The van der Waals surface area contributed by atoms with Crippen molar-refractivity contribution < 1.29 is 9.59 Å². The summed E-state index contributed by atoms with van der Waals surface area (Å²) >= 11 is 5.87. The van der Waals surface area contributed by atoms with Gasteiger partial charge in [0.15, 0.2) is 0 Å². The van der Waals surface area contributed by atoms with Gasteiger partial charge in [-0.1, -0.05) is 18.5 Å². The highest BCUT2D eigenvalue weighted by molar-refractivity contribution is 6.29. The number of aromatic nitrogens is 1. The van der Waals surface area contributed by atoms with Gasteiger partial charge in [0.1, 0.15) is 5.15 Å². The molecule has 0 aliphatic carbocycles. The predicted octanol–water partition coefficient (Wildman–Crippen LogP) is 1.51. The first-order valence-electron chi connectivity index (χ1n) is 6.16. The molecule has 0 aromatic carbocycles. The second-order valence-electron chi connectivity index (χ2n) is 4.14. The van der Waals surface area contributed by atoms with Crippen LogP contribution in [0.4, 0.5) is 0 Å². The Kier molecular flexibility index (Phi) is 5.76. The number of pyridine rings is 1. The van der Waals surface area contributed by atoms with Crippen molar-refractivity contribution in [2.24, 2.45) is 0 Å². The second kappa shape index (κ2) is 7.09. The number of carbonyl (C=O) groups excluding carboxylic acids is 2. The minimum absolute atomic E-state index is 0.0219. The summed E-state index contributed by atoms with van der Waals surface area (Å²) in [7, 11) is 1.58. The van der Waals surface area contributed by atoms with E-state index in [1.807, 2.05) is 13.8 Å². The fourth-order valence-corrected chi connectivity index (χ4v) is 1.84. The molecule has 0 spiro atoms. The molecule has 0 aliphatic rings. The third-order valence-electron chi connectivity index (χ3n) is 2.56. The van der Waals surface area contributed by atoms with Crippen molar-refractivity contribution in [1.29, 1.82) is 0 Å². The van der Waals surface area contributed by atoms with Crippen LogP contribution in [0.3, 0.4) is 0 Å². The lowest BCUT2D eigenvalue weighted by molar-refractivity contribution is -0.121. The van der Waals surface area contributed by atoms with Crippen LogP contribution in [0.15, 0.2) is 12.1 Å². The number of hydrogen-bond donors (Lipinski definition) is 1. The maximum absolute atomic E-state index is 12.2. The van der Waals surface area contributed by atoms with Gasteiger partial charge < -0.3 is 10.2 Å². The average molecular weight is 284 g/mol. The number of nitrogens with one attached hydrogen (secondary N) is 1. The zero-order valence-corrected chi connectivity index (χ0v) is 12.1. The van der Waals surface area contributed by atoms with Crippen LogP contribution in [0.25, 0.3) is 0 Å². The fraction of sp³-hybridized carbons (Fsp3) is 0.462. The highest BCUT2D eigenvalue weighted by Crippen LogP contribution is 2.13. The largest absolute Gasteiger partial charge is 0.355 e. The molecule has 6 heteroatoms. The monoisotopic (exact) mass is 283 g/mol. The van der Waals surface area contributed by atoms with Gasteiger partial charge in [-0.05, 0) is 25.5 Å². The molecule has 0 radical (unpaired) electrons. The molecular weight excluding hydrogens is 266 g/mol. The van der Waals surface area contributed by atoms with Crippen molar-refractivity contribution in [2.75, 3.05) is 20.1 Å². The van der Waals surface area contributed by atoms with E-state index >= 15 is 0 Å². The summed E-state index contributed by atoms with van der Waals surface area (Å²) in [5.41, 5.74) is 1.20. The first-order chi connectivity index (χ1) is 8.97. The lowest BCUT2D eigenvalue weighted by Gasteiger charge is -2.17. The Labute approximate surface area is 118 Å². The lowest BCUT2D eigenvalue weighted by atomic mass is 10.2. The number of nitrogens with zero attached hydrogens (tertiary/aromatic N) is 2. The number of halogens is 1. The van der Waals surface area contributed by atoms with E-state index in [1.54, 1.807) is 13.1 Å². The van der Waals surface area contributed by atoms with Crippen molar-refractivity contribution in [3.63, 3.8) is 0 Å². The van der Waals surface area contributed by atoms with E-state index in [0.29, 0.717) is 18.5 Å². The minimum atomic E-state index is -0.245. The standard InChI is InChI=1S/C13H18ClN3O2/c1-4-10-6-9(7-11(14)16-10)13(19)17(3)8-12(18)15-5-2/h6-7H,4-5,8H2,1-3H3,(H,15,18). The Morgan fingerprint density at radius 3 is 2.63 bits per heavy atom. The Bertz CT molecular complexity index is 477. The number of hydrogen-bond acceptors (Lipinski definition) is 3. The number of amides is 2. The summed E-state index contributed by atoms with van der Waals surface area (Å²) in [5, 5.41) is 2.93. The van der Waals surface area contributed by atoms with Crippen LogP contribution >= 0.6 is 11.6 Å². The molecule has 0 atom stereocenters. The maximum Gasteiger partial charge on any atom is 0.254 e. The van der Waals surface area contributed by atoms with E-state index in [2.05, 4.69) is 10.3 Å². The van der Waals surface area contributed by atoms with Crippen LogP contribution < -0.4 is 5.32 Å². The molecule has 2 amide bonds. The predicted molar refractivity (Wildman–Crippen MR) is 74.3 cm³/mol. The highest BCUT2D eigenvalue weighted by atomic mass is 35.5. The Morgan fingerprint density at radius 1 is 1.37 bits per heavy atom. The van der Waals surface area contributed by atoms with Gasteiger partial charge in [0.05, 0.1) is 6.54 Å². The van der Waals surface area contributed by atoms with Crippen molar-refractivity contribution in [3.05, 3.63) is 28.5 Å². The van der Waals surface area contributed by atoms with Gasteiger partial charge in [-0.15, -0.1) is 0 Å². The SMILES string of the molecule is CCNC(=O)CN(C)C(=O)c1cc(Cl)nc(CC)c1. The first kappa shape index (κ1) is 15.4. The maximum atomic E-state index is 12.2. The third-order valence-corrected chi connectivity index (χ3v) is 2.75. The molecule has 19 heavy (non-hydrogen) atoms. The Morgan fingerprint density at radius 2 is 2.05 bits per heavy atom. The van der Waals surface area contributed by atoms with E-state index in [9.17, 15) is 9.59 Å². The van der Waals surface area contributed by atoms with Gasteiger partial charge in [-0.25, -0.2) is 4.98 Å². The zero-order valence-electron chi connectivity index (χ0n) is 11.4. The van der Waals surface area contributed by atoms with Gasteiger partial charge in [0.25, 0.3) is 5.91 Å². The van der Waals surface area contributed by atoms with Gasteiger partial charge in [0.2, 0.25) is 5.91 Å². The van der Waals surface area contributed by atoms with Crippen LogP contribution in [-0.2, 0) is 11.2 Å². The molecule has 0 saturated carbocycles. The molecule has 0 unspecified atom stereocenters. The zero-order chi connectivity index (χ0) is 14.4. The molecule has 104 valence electrons. The van der Waals surface area contributed by atoms with Crippen molar-refractivity contribution in [1.82, 2.24) is 15.2 Å². The fourth-order valence-electron chi connectivity index (χ4n) is 1.62. The van der Waals surface area contributed by atoms with Crippen molar-refractivity contribution >= 4 is 23.4 Å². The van der Waals surface area contributed by atoms with Crippen LogP contribution in [0.1, 0.15) is 29.9 Å². The number of carbonyl (C=O) groups is 2. The van der Waals surface area contributed by atoms with Crippen LogP contribution in [0, 0.1) is 0 Å². The molecule has 0 aliphatic heterocycles. The van der Waals surface area contributed by atoms with Crippen LogP contribution in [-0.4, -0.2) is 41.8 Å². The van der Waals surface area contributed by atoms with Gasteiger partial charge in [-0.3, -0.25) is 9.59 Å². The van der Waals surface area contributed by atoms with Gasteiger partial charge in [0, 0.05) is 24.8 Å². The molecule has 0 saturated heterocycles. The second-order valence-corrected chi connectivity index (χ2v) is 4.53. The van der Waals surface area contributed by atoms with Gasteiger partial charge in [-0.2, -0.15) is 0 Å². The molecule has 0 fully saturated rings. The highest BCUT2D eigenvalue weighted by Gasteiger charge is 2.16. The number of rotatable bonds is 5. The van der Waals surface area contributed by atoms with E-state index in [0.717, 1.165) is 5.69 Å². The smallest absolute Gasteiger partial charge is 0.254 e. The summed E-state index contributed by atoms with van der Waals surface area (Å²) in [6.07, 6.45) is 0.695. The van der Waals surface area contributed by atoms with E-state index < -0.39 is 0 Å². The molecule has 0 bridgehead atoms. The average Bonchev–Trinajstić information content (AvgIpc) is 2.37. The van der Waals surface area contributed by atoms with E-state index in [1.165, 1.54) is 11.0 Å². The summed E-state index contributed by atoms with van der Waals surface area (Å²) in [5.74, 6) is -0.431. The molecule has 1 N–H and O–H groups in total. The van der Waals surface area contributed by atoms with E-state index in [-0.39, 0.29) is 23.5 Å². The summed E-state index contributed by atoms with van der Waals surface area (Å²) in [4.78, 5) is 29.1. The molecular formula is C13H18ClN3O2. The quantitative estimate of drug-likeness (QED) is 0.833. The molecule has 1 rings (SSSR count). The summed E-state index contributed by atoms with van der Waals surface area (Å²) in [6, 6.07) is 3.21. The number of likely N-dealkylation sites (N-methyl/N-ethyl adjacent to an activating group) is 2. The van der Waals surface area contributed by atoms with Crippen molar-refractivity contribution in [3.8, 4) is 0 Å². The Hall–Kier alpha value is -1.62. The molecule has 5 nitrogen and oxygen atoms in total. The number of aryl methyl sites for hydroxylation is 1. The topological polar surface area (TPSA) is 62.3 Å². The summed E-state index contributed by atoms with van der Waals surface area (Å²) in [6.45, 7) is 4.33. The van der Waals surface area contributed by atoms with Crippen LogP contribution in [0.2, 0.25) is 5.15 Å². The minimum Gasteiger partial charge on any atom is -0.355 e. The first-order valence-corrected chi connectivity index (χ1v) is 6.54. The lowest BCUT2D eigenvalue weighted by Crippen LogP contribution is -2.38. The third kappa shape index (κ3) is 4.52. The van der Waals surface area contributed by atoms with Crippen molar-refractivity contribution in [2.45, 2.75) is 20.3 Å². The molecule has 1 aromatic rings. The van der Waals surface area contributed by atoms with E-state index in [4.69, 9.17) is 11.6 Å². The molecule has 1 aromatic heterocycles. The van der Waals surface area contributed by atoms with Crippen LogP contribution in [0.5, 0.6) is 0 Å². The van der Waals surface area contributed by atoms with Gasteiger partial charge >= 0.3 is 0 Å².